The third-order valence-electron chi connectivity index (χ3n) is 5.01. The van der Waals surface area contributed by atoms with E-state index in [1.165, 1.54) is 16.8 Å². The fraction of sp³-hybridized carbons (Fsp3) is 0.300. The summed E-state index contributed by atoms with van der Waals surface area (Å²) in [4.78, 5) is 0. The van der Waals surface area contributed by atoms with Crippen molar-refractivity contribution >= 4 is 48.7 Å². The monoisotopic (exact) mass is 429 g/mol. The second-order valence-electron chi connectivity index (χ2n) is 6.55. The van der Waals surface area contributed by atoms with Crippen LogP contribution < -0.4 is 3.88 Å². The topological polar surface area (TPSA) is 3.24 Å². The number of nitrogens with zero attached hydrogens (tertiary/aromatic N) is 1. The van der Waals surface area contributed by atoms with Crippen molar-refractivity contribution in [3.8, 4) is 0 Å². The molecule has 0 radical (unpaired) electrons. The van der Waals surface area contributed by atoms with Gasteiger partial charge in [0.1, 0.15) is 0 Å². The first-order valence-electron chi connectivity index (χ1n) is 7.90. The zero-order chi connectivity index (χ0) is 16.7. The summed E-state index contributed by atoms with van der Waals surface area (Å²) in [5.74, 6) is 0.416. The molecular formula is C20H21AlIN. The van der Waals surface area contributed by atoms with Crippen LogP contribution in [0.2, 0.25) is 0 Å². The van der Waals surface area contributed by atoms with Gasteiger partial charge in [-0.2, -0.15) is 0 Å². The van der Waals surface area contributed by atoms with Crippen molar-refractivity contribution in [3.63, 3.8) is 0 Å². The Balaban J connectivity index is 2.21. The van der Waals surface area contributed by atoms with Gasteiger partial charge in [0.2, 0.25) is 0 Å². The van der Waals surface area contributed by atoms with E-state index < -0.39 is 0 Å². The average Bonchev–Trinajstić information content (AvgIpc) is 2.80. The quantitative estimate of drug-likeness (QED) is 0.285. The fourth-order valence-corrected chi connectivity index (χ4v) is 5.54. The number of hydrogen-bond donors (Lipinski definition) is 0. The predicted octanol–water partition coefficient (Wildman–Crippen LogP) is 4.91. The summed E-state index contributed by atoms with van der Waals surface area (Å²) in [6.07, 6.45) is 12.0. The summed E-state index contributed by atoms with van der Waals surface area (Å²) >= 11 is 2.53. The van der Waals surface area contributed by atoms with E-state index in [4.69, 9.17) is 0 Å². The molecule has 1 aromatic rings. The summed E-state index contributed by atoms with van der Waals surface area (Å²) in [5.41, 5.74) is 7.17. The Kier molecular flexibility index (Phi) is 4.60. The predicted molar refractivity (Wildman–Crippen MR) is 111 cm³/mol. The summed E-state index contributed by atoms with van der Waals surface area (Å²) in [5, 5.41) is 4.31. The van der Waals surface area contributed by atoms with E-state index in [-0.39, 0.29) is 24.0 Å². The third kappa shape index (κ3) is 2.65. The molecule has 3 heteroatoms. The molecule has 1 nitrogen and oxygen atoms in total. The number of alkyl halides is 1. The average molecular weight is 429 g/mol. The molecule has 0 N–H and O–H groups in total. The van der Waals surface area contributed by atoms with Gasteiger partial charge in [-0.1, -0.05) is 0 Å². The number of rotatable bonds is 4. The van der Waals surface area contributed by atoms with Gasteiger partial charge in [0, 0.05) is 0 Å². The number of halogens is 1. The number of fused-ring (bicyclic) bond motifs is 3. The van der Waals surface area contributed by atoms with Gasteiger partial charge in [0.25, 0.3) is 0 Å². The van der Waals surface area contributed by atoms with E-state index >= 15 is 0 Å². The van der Waals surface area contributed by atoms with E-state index in [0.717, 1.165) is 6.42 Å². The second kappa shape index (κ2) is 6.22. The molecule has 116 valence electrons. The van der Waals surface area contributed by atoms with Crippen LogP contribution in [0.3, 0.4) is 0 Å². The maximum atomic E-state index is 4.31. The number of para-hydroxylation sites is 1. The standard InChI is InChI=1S/C19H19IN.CH2.Al/c1-4-5-12-18(2,20)16-11-8-9-14-15-10-6-7-13-19(15,3)21-17(14)16;;/h5-11,13,15H,1,12H2,2-3H3;1H2;/q-1;;+1. The van der Waals surface area contributed by atoms with Crippen LogP contribution in [0.15, 0.2) is 60.9 Å². The van der Waals surface area contributed by atoms with Crippen LogP contribution in [0.5, 0.6) is 0 Å². The molecule has 2 aliphatic rings. The molecule has 3 atom stereocenters. The molecular weight excluding hydrogens is 408 g/mol. The molecule has 3 rings (SSSR count). The van der Waals surface area contributed by atoms with Gasteiger partial charge in [-0.3, -0.25) is 0 Å². The Morgan fingerprint density at radius 2 is 2.26 bits per heavy atom. The zero-order valence-corrected chi connectivity index (χ0v) is 17.0. The first-order valence-corrected chi connectivity index (χ1v) is 10.3. The van der Waals surface area contributed by atoms with Gasteiger partial charge in [0.15, 0.2) is 0 Å². The molecule has 23 heavy (non-hydrogen) atoms. The van der Waals surface area contributed by atoms with Gasteiger partial charge in [-0.25, -0.2) is 0 Å². The Bertz CT molecular complexity index is 755. The van der Waals surface area contributed by atoms with Crippen LogP contribution in [-0.4, -0.2) is 25.9 Å². The summed E-state index contributed by atoms with van der Waals surface area (Å²) in [6.45, 7) is 8.35. The molecule has 0 saturated heterocycles. The molecule has 0 spiro atoms. The molecule has 1 heterocycles. The molecule has 1 aromatic carbocycles. The van der Waals surface area contributed by atoms with Crippen molar-refractivity contribution in [1.29, 1.82) is 0 Å². The van der Waals surface area contributed by atoms with E-state index in [2.05, 4.69) is 101 Å². The normalized spacial score (nSPS) is 26.7. The van der Waals surface area contributed by atoms with E-state index in [1.807, 2.05) is 6.08 Å². The van der Waals surface area contributed by atoms with E-state index in [9.17, 15) is 0 Å². The van der Waals surface area contributed by atoms with Crippen molar-refractivity contribution in [1.82, 2.24) is 0 Å². The molecule has 0 aromatic heterocycles. The molecule has 1 aliphatic carbocycles. The van der Waals surface area contributed by atoms with Crippen molar-refractivity contribution < 1.29 is 0 Å². The van der Waals surface area contributed by atoms with E-state index in [1.54, 1.807) is 0 Å². The number of anilines is 1. The van der Waals surface area contributed by atoms with Crippen LogP contribution >= 0.6 is 22.6 Å². The molecule has 0 saturated carbocycles. The molecule has 3 unspecified atom stereocenters. The van der Waals surface area contributed by atoms with Crippen LogP contribution in [0.25, 0.3) is 0 Å². The van der Waals surface area contributed by atoms with Crippen LogP contribution in [0.4, 0.5) is 5.69 Å². The second-order valence-corrected chi connectivity index (χ2v) is 9.82. The Morgan fingerprint density at radius 1 is 1.48 bits per heavy atom. The van der Waals surface area contributed by atoms with E-state index in [0.29, 0.717) is 5.92 Å². The molecule has 0 amide bonds. The molecule has 1 aliphatic heterocycles. The molecule has 0 fully saturated rings. The number of allylic oxidation sites excluding steroid dienone is 3. The summed E-state index contributed by atoms with van der Waals surface area (Å²) in [7, 11) is 0. The zero-order valence-electron chi connectivity index (χ0n) is 13.7. The minimum atomic E-state index is -0.0442. The van der Waals surface area contributed by atoms with Crippen molar-refractivity contribution in [2.75, 3.05) is 3.88 Å². The minimum absolute atomic E-state index is 0.0191. The third-order valence-corrected chi connectivity index (χ3v) is 7.22. The van der Waals surface area contributed by atoms with Gasteiger partial charge in [-0.15, -0.1) is 0 Å². The van der Waals surface area contributed by atoms with Gasteiger partial charge >= 0.3 is 160 Å². The van der Waals surface area contributed by atoms with Gasteiger partial charge in [0.05, 0.1) is 0 Å². The van der Waals surface area contributed by atoms with Crippen LogP contribution in [0.1, 0.15) is 37.3 Å². The first-order chi connectivity index (χ1) is 11.0. The Morgan fingerprint density at radius 3 is 2.96 bits per heavy atom. The van der Waals surface area contributed by atoms with Gasteiger partial charge in [-0.05, 0) is 0 Å². The van der Waals surface area contributed by atoms with Crippen molar-refractivity contribution in [2.24, 2.45) is 0 Å². The molecule has 0 bridgehead atoms. The van der Waals surface area contributed by atoms with Crippen molar-refractivity contribution in [3.05, 3.63) is 72.0 Å². The van der Waals surface area contributed by atoms with Crippen molar-refractivity contribution in [2.45, 2.75) is 35.1 Å². The Labute approximate surface area is 159 Å². The number of benzene rings is 1. The summed E-state index contributed by atoms with van der Waals surface area (Å²) in [6, 6.07) is 6.77. The maximum absolute atomic E-state index is 4.31. The van der Waals surface area contributed by atoms with Gasteiger partial charge < -0.3 is 0 Å². The first kappa shape index (κ1) is 17.0. The SMILES string of the molecule is C=C=CCC(C)(I)c1cccc2c1[N]([Al]=[CH2])C1(C)C=CC=CC21. The summed E-state index contributed by atoms with van der Waals surface area (Å²) < 4.78 is 2.58. The van der Waals surface area contributed by atoms with Crippen LogP contribution in [-0.2, 0) is 3.42 Å². The van der Waals surface area contributed by atoms with Crippen LogP contribution in [0, 0.1) is 0 Å². The number of hydrogen-bond acceptors (Lipinski definition) is 1. The fourth-order valence-electron chi connectivity index (χ4n) is 3.78. The Hall–Kier alpha value is -0.848.